The van der Waals surface area contributed by atoms with Crippen LogP contribution in [-0.4, -0.2) is 37.0 Å². The third kappa shape index (κ3) is 0.701. The lowest BCUT2D eigenvalue weighted by Crippen LogP contribution is -2.89. The van der Waals surface area contributed by atoms with E-state index in [4.69, 9.17) is 9.47 Å². The molecule has 21 heavy (non-hydrogen) atoms. The van der Waals surface area contributed by atoms with Gasteiger partial charge in [-0.2, -0.15) is 0 Å². The Balaban J connectivity index is 1.67. The summed E-state index contributed by atoms with van der Waals surface area (Å²) in [6, 6.07) is 8.43. The van der Waals surface area contributed by atoms with Gasteiger partial charge >= 0.3 is 5.97 Å². The van der Waals surface area contributed by atoms with Gasteiger partial charge in [0.05, 0.1) is 31.3 Å². The van der Waals surface area contributed by atoms with Gasteiger partial charge in [0.2, 0.25) is 0 Å². The van der Waals surface area contributed by atoms with E-state index in [1.165, 1.54) is 18.2 Å². The van der Waals surface area contributed by atoms with Gasteiger partial charge in [-0.05, 0) is 17.0 Å². The Kier molecular flexibility index (Phi) is 1.55. The van der Waals surface area contributed by atoms with E-state index in [0.717, 1.165) is 0 Å². The molecule has 1 heterocycles. The first-order chi connectivity index (χ1) is 10.2. The number of hydrogen-bond donors (Lipinski definition) is 1. The number of esters is 1. The summed E-state index contributed by atoms with van der Waals surface area (Å²) in [5, 5.41) is 10.1. The van der Waals surface area contributed by atoms with Gasteiger partial charge in [0.15, 0.2) is 0 Å². The van der Waals surface area contributed by atoms with Crippen LogP contribution in [0, 0.1) is 22.7 Å². The highest BCUT2D eigenvalue weighted by molar-refractivity contribution is 5.88. The average molecular weight is 284 g/mol. The zero-order valence-corrected chi connectivity index (χ0v) is 11.7. The lowest BCUT2D eigenvalue weighted by molar-refractivity contribution is -0.339. The molecule has 0 radical (unpaired) electrons. The van der Waals surface area contributed by atoms with Crippen LogP contribution in [0.4, 0.5) is 0 Å². The lowest BCUT2D eigenvalue weighted by Gasteiger charge is -2.83. The highest BCUT2D eigenvalue weighted by atomic mass is 16.5. The molecule has 4 fully saturated rings. The fraction of sp³-hybridized carbons (Fsp3) is 0.588. The lowest BCUT2D eigenvalue weighted by atomic mass is 9.16. The first-order valence-electron chi connectivity index (χ1n) is 7.68. The second kappa shape index (κ2) is 2.90. The van der Waals surface area contributed by atoms with Crippen LogP contribution in [0.2, 0.25) is 0 Å². The van der Waals surface area contributed by atoms with Crippen LogP contribution in [0.15, 0.2) is 24.3 Å². The third-order valence-corrected chi connectivity index (χ3v) is 7.45. The van der Waals surface area contributed by atoms with E-state index >= 15 is 0 Å². The van der Waals surface area contributed by atoms with Gasteiger partial charge in [-0.15, -0.1) is 0 Å². The van der Waals surface area contributed by atoms with E-state index in [1.807, 2.05) is 6.07 Å². The number of rotatable bonds is 2. The molecule has 4 heteroatoms. The van der Waals surface area contributed by atoms with Crippen molar-refractivity contribution in [3.05, 3.63) is 35.4 Å². The number of fused-ring (bicyclic) bond motifs is 5. The summed E-state index contributed by atoms with van der Waals surface area (Å²) in [5.41, 5.74) is 1.71. The van der Waals surface area contributed by atoms with Crippen molar-refractivity contribution in [1.82, 2.24) is 0 Å². The van der Waals surface area contributed by atoms with Crippen LogP contribution in [0.1, 0.15) is 23.0 Å². The number of aliphatic hydroxyl groups excluding tert-OH is 1. The topological polar surface area (TPSA) is 55.8 Å². The molecule has 4 nitrogen and oxygen atoms in total. The van der Waals surface area contributed by atoms with E-state index < -0.39 is 5.41 Å². The zero-order valence-electron chi connectivity index (χ0n) is 11.7. The van der Waals surface area contributed by atoms with Crippen LogP contribution in [0.5, 0.6) is 0 Å². The Morgan fingerprint density at radius 3 is 2.81 bits per heavy atom. The Morgan fingerprint density at radius 2 is 2.10 bits per heavy atom. The van der Waals surface area contributed by atoms with Crippen molar-refractivity contribution in [2.45, 2.75) is 24.0 Å². The van der Waals surface area contributed by atoms with E-state index in [2.05, 4.69) is 18.2 Å². The number of aliphatic hydroxyl groups is 1. The Hall–Kier alpha value is -1.39. The molecule has 6 rings (SSSR count). The SMILES string of the molecule is COC(=O)[C@]12[C@@H]3[C@@H]4c5ccccc5[C@H]1[C@H]1O[C@@H]4[C@@H]3[C@]12CO. The normalized spacial score (nSPS) is 55.7. The molecule has 5 aliphatic rings. The maximum atomic E-state index is 12.7. The van der Waals surface area contributed by atoms with Crippen molar-refractivity contribution in [3.63, 3.8) is 0 Å². The van der Waals surface area contributed by atoms with Gasteiger partial charge in [0, 0.05) is 23.2 Å². The van der Waals surface area contributed by atoms with Gasteiger partial charge < -0.3 is 14.6 Å². The Labute approximate surface area is 122 Å². The first-order valence-corrected chi connectivity index (χ1v) is 7.68. The minimum Gasteiger partial charge on any atom is -0.469 e. The van der Waals surface area contributed by atoms with Crippen LogP contribution in [0.3, 0.4) is 0 Å². The van der Waals surface area contributed by atoms with E-state index in [9.17, 15) is 9.90 Å². The van der Waals surface area contributed by atoms with Crippen LogP contribution in [-0.2, 0) is 14.3 Å². The quantitative estimate of drug-likeness (QED) is 0.825. The van der Waals surface area contributed by atoms with Crippen molar-refractivity contribution in [2.24, 2.45) is 22.7 Å². The molecule has 4 aliphatic carbocycles. The van der Waals surface area contributed by atoms with Gasteiger partial charge in [-0.1, -0.05) is 24.3 Å². The predicted octanol–water partition coefficient (Wildman–Crippen LogP) is 1.05. The summed E-state index contributed by atoms with van der Waals surface area (Å²) in [5.74, 6) is 0.900. The Bertz CT molecular complexity index is 714. The summed E-state index contributed by atoms with van der Waals surface area (Å²) >= 11 is 0. The molecule has 1 aromatic rings. The van der Waals surface area contributed by atoms with Crippen molar-refractivity contribution in [3.8, 4) is 0 Å². The summed E-state index contributed by atoms with van der Waals surface area (Å²) in [7, 11) is 1.47. The standard InChI is InChI=1S/C17H16O4/c1-20-15(19)17-10-8-5-3-2-4-7(8)9-11(17)12-13(9)21-14(10)16(12,17)6-18/h2-5,9-14,18H,6H2,1H3/t9-,10-,11+,12+,13-,14+,16+,17+/m0/s1. The molecule has 1 aromatic carbocycles. The molecule has 8 atom stereocenters. The van der Waals surface area contributed by atoms with Crippen LogP contribution >= 0.6 is 0 Å². The molecule has 1 aliphatic heterocycles. The molecule has 0 bridgehead atoms. The highest BCUT2D eigenvalue weighted by Gasteiger charge is 3.00. The fourth-order valence-electron chi connectivity index (χ4n) is 7.10. The Morgan fingerprint density at radius 1 is 1.33 bits per heavy atom. The molecule has 108 valence electrons. The highest BCUT2D eigenvalue weighted by Crippen LogP contribution is 2.95. The zero-order chi connectivity index (χ0) is 14.1. The molecule has 0 spiro atoms. The van der Waals surface area contributed by atoms with Gasteiger partial charge in [-0.3, -0.25) is 4.79 Å². The molecule has 1 N–H and O–H groups in total. The van der Waals surface area contributed by atoms with Gasteiger partial charge in [0.1, 0.15) is 0 Å². The number of carbonyl (C=O) groups is 1. The molecule has 1 saturated heterocycles. The first kappa shape index (κ1) is 11.2. The summed E-state index contributed by atoms with van der Waals surface area (Å²) < 4.78 is 11.5. The number of carbonyl (C=O) groups excluding carboxylic acids is 1. The second-order valence-corrected chi connectivity index (χ2v) is 7.26. The van der Waals surface area contributed by atoms with Crippen LogP contribution in [0.25, 0.3) is 0 Å². The van der Waals surface area contributed by atoms with Crippen molar-refractivity contribution in [2.75, 3.05) is 13.7 Å². The van der Waals surface area contributed by atoms with Gasteiger partial charge in [-0.25, -0.2) is 0 Å². The largest absolute Gasteiger partial charge is 0.469 e. The number of ether oxygens (including phenoxy) is 2. The van der Waals surface area contributed by atoms with Crippen molar-refractivity contribution >= 4 is 5.97 Å². The molecule has 0 aromatic heterocycles. The maximum Gasteiger partial charge on any atom is 0.313 e. The van der Waals surface area contributed by atoms with E-state index in [-0.39, 0.29) is 36.1 Å². The minimum absolute atomic E-state index is 0.0125. The van der Waals surface area contributed by atoms with Crippen molar-refractivity contribution < 1.29 is 19.4 Å². The van der Waals surface area contributed by atoms with Gasteiger partial charge in [0.25, 0.3) is 0 Å². The predicted molar refractivity (Wildman–Crippen MR) is 71.5 cm³/mol. The maximum absolute atomic E-state index is 12.7. The van der Waals surface area contributed by atoms with E-state index in [1.54, 1.807) is 0 Å². The number of hydrogen-bond acceptors (Lipinski definition) is 4. The second-order valence-electron chi connectivity index (χ2n) is 7.26. The van der Waals surface area contributed by atoms with Crippen LogP contribution < -0.4 is 0 Å². The average Bonchev–Trinajstić information content (AvgIpc) is 2.71. The number of benzene rings is 1. The monoisotopic (exact) mass is 284 g/mol. The smallest absolute Gasteiger partial charge is 0.313 e. The molecule has 3 saturated carbocycles. The summed E-state index contributed by atoms with van der Waals surface area (Å²) in [6.07, 6.45) is 0.181. The number of methoxy groups -OCH3 is 1. The molecule has 0 unspecified atom stereocenters. The molecular weight excluding hydrogens is 268 g/mol. The summed E-state index contributed by atoms with van der Waals surface area (Å²) in [6.45, 7) is 0.0375. The fourth-order valence-corrected chi connectivity index (χ4v) is 7.10. The summed E-state index contributed by atoms with van der Waals surface area (Å²) in [4.78, 5) is 12.7. The molecule has 0 amide bonds. The van der Waals surface area contributed by atoms with E-state index in [0.29, 0.717) is 17.8 Å². The van der Waals surface area contributed by atoms with Crippen molar-refractivity contribution in [1.29, 1.82) is 0 Å². The minimum atomic E-state index is -0.530. The third-order valence-electron chi connectivity index (χ3n) is 7.45. The molecular formula is C17H16O4.